The molecule has 0 saturated heterocycles. The summed E-state index contributed by atoms with van der Waals surface area (Å²) in [5.41, 5.74) is 7.41. The van der Waals surface area contributed by atoms with Crippen LogP contribution in [0.5, 0.6) is 5.75 Å². The predicted octanol–water partition coefficient (Wildman–Crippen LogP) is 3.59. The van der Waals surface area contributed by atoms with Gasteiger partial charge in [0.25, 0.3) is 0 Å². The molecule has 0 atom stereocenters. The lowest BCUT2D eigenvalue weighted by Crippen LogP contribution is -2.03. The number of carboxylic acid groups (broad SMARTS) is 1. The van der Waals surface area contributed by atoms with Crippen LogP contribution in [0.15, 0.2) is 68.8 Å². The molecule has 0 unspecified atom stereocenters. The lowest BCUT2D eigenvalue weighted by Gasteiger charge is -2.17. The Hall–Kier alpha value is -4.13. The van der Waals surface area contributed by atoms with E-state index in [4.69, 9.17) is 10.2 Å². The molecule has 2 aromatic rings. The fourth-order valence-corrected chi connectivity index (χ4v) is 3.24. The summed E-state index contributed by atoms with van der Waals surface area (Å²) in [6.45, 7) is 0. The van der Waals surface area contributed by atoms with E-state index >= 15 is 0 Å². The van der Waals surface area contributed by atoms with Crippen LogP contribution in [0.1, 0.15) is 10.4 Å². The monoisotopic (exact) mass is 374 g/mol. The molecule has 28 heavy (non-hydrogen) atoms. The molecule has 0 amide bonds. The van der Waals surface area contributed by atoms with Crippen LogP contribution in [-0.2, 0) is 0 Å². The zero-order chi connectivity index (χ0) is 19.8. The van der Waals surface area contributed by atoms with Crippen LogP contribution in [-0.4, -0.2) is 22.5 Å². The van der Waals surface area contributed by atoms with E-state index in [0.29, 0.717) is 39.1 Å². The van der Waals surface area contributed by atoms with E-state index in [0.717, 1.165) is 6.34 Å². The number of hydrogen-bond acceptors (Lipinski definition) is 5. The maximum atomic E-state index is 11.9. The number of aliphatic imine (C=N–C) groups is 1. The van der Waals surface area contributed by atoms with Gasteiger partial charge in [0.15, 0.2) is 5.43 Å². The summed E-state index contributed by atoms with van der Waals surface area (Å²) in [5.74, 6) is -0.850. The number of nitrogens with two attached hydrogens (primary N) is 1. The van der Waals surface area contributed by atoms with Crippen LogP contribution in [0.4, 0.5) is 5.69 Å². The number of aromatic hydroxyl groups is 1. The number of aromatic carboxylic acids is 1. The molecule has 0 radical (unpaired) electrons. The van der Waals surface area contributed by atoms with Crippen molar-refractivity contribution < 1.29 is 19.4 Å². The van der Waals surface area contributed by atoms with E-state index in [1.165, 1.54) is 30.3 Å². The predicted molar refractivity (Wildman–Crippen MR) is 106 cm³/mol. The van der Waals surface area contributed by atoms with Crippen molar-refractivity contribution in [1.82, 2.24) is 0 Å². The topological polar surface area (TPSA) is 126 Å². The molecule has 0 spiro atoms. The fourth-order valence-electron chi connectivity index (χ4n) is 3.24. The minimum Gasteiger partial charge on any atom is -0.508 e. The summed E-state index contributed by atoms with van der Waals surface area (Å²) >= 11 is 0. The third-order valence-electron chi connectivity index (χ3n) is 4.40. The maximum Gasteiger partial charge on any atom is 0.336 e. The van der Waals surface area contributed by atoms with E-state index in [2.05, 4.69) is 4.99 Å². The third-order valence-corrected chi connectivity index (χ3v) is 4.40. The zero-order valence-electron chi connectivity index (χ0n) is 14.4. The molecule has 0 fully saturated rings. The second-order valence-electron chi connectivity index (χ2n) is 6.13. The van der Waals surface area contributed by atoms with E-state index in [1.54, 1.807) is 24.3 Å². The molecule has 1 heterocycles. The van der Waals surface area contributed by atoms with Crippen LogP contribution in [0.25, 0.3) is 33.4 Å². The number of carboxylic acids is 1. The Morgan fingerprint density at radius 2 is 1.82 bits per heavy atom. The van der Waals surface area contributed by atoms with Gasteiger partial charge in [-0.05, 0) is 42.0 Å². The van der Waals surface area contributed by atoms with Crippen LogP contribution in [0.2, 0.25) is 0 Å². The van der Waals surface area contributed by atoms with E-state index in [-0.39, 0.29) is 16.7 Å². The molecule has 2 aromatic carbocycles. The molecule has 2 aliphatic rings. The molecule has 0 saturated carbocycles. The molecule has 0 bridgehead atoms. The Bertz CT molecular complexity index is 1290. The van der Waals surface area contributed by atoms with E-state index < -0.39 is 5.97 Å². The molecule has 4 rings (SSSR count). The standard InChI is InChI=1S/C21H14N2O5/c22-10-23-11-1-4-14(17(7-11)21(26)27)20-15-5-2-12(24)8-18(15)28-19-9-13(25)3-6-16(19)20/h1-10,24H,(H2,22,23)(H,26,27). The molecule has 0 aromatic heterocycles. The average Bonchev–Trinajstić information content (AvgIpc) is 2.66. The van der Waals surface area contributed by atoms with Crippen LogP contribution < -0.4 is 11.2 Å². The highest BCUT2D eigenvalue weighted by Gasteiger charge is 2.22. The molecule has 1 aliphatic carbocycles. The van der Waals surface area contributed by atoms with Crippen molar-refractivity contribution in [3.05, 3.63) is 70.4 Å². The minimum absolute atomic E-state index is 0.00841. The Morgan fingerprint density at radius 1 is 1.04 bits per heavy atom. The Kier molecular flexibility index (Phi) is 4.04. The highest BCUT2D eigenvalue weighted by atomic mass is 16.4. The van der Waals surface area contributed by atoms with Gasteiger partial charge in [-0.1, -0.05) is 6.07 Å². The van der Waals surface area contributed by atoms with Crippen molar-refractivity contribution in [2.75, 3.05) is 0 Å². The van der Waals surface area contributed by atoms with Gasteiger partial charge in [-0.25, -0.2) is 9.79 Å². The van der Waals surface area contributed by atoms with Gasteiger partial charge in [0.2, 0.25) is 0 Å². The largest absolute Gasteiger partial charge is 0.508 e. The second kappa shape index (κ2) is 6.55. The Morgan fingerprint density at radius 3 is 2.57 bits per heavy atom. The van der Waals surface area contributed by atoms with Gasteiger partial charge in [0.05, 0.1) is 17.6 Å². The first kappa shape index (κ1) is 17.3. The number of carbonyl (C=O) groups is 1. The first-order chi connectivity index (χ1) is 13.5. The number of phenols is 1. The Balaban J connectivity index is 2.16. The SMILES string of the molecule is NC=Nc1ccc(-c2c3ccc(=O)cc-3oc3cc(O)ccc23)c(C(=O)O)c1. The van der Waals surface area contributed by atoms with Crippen LogP contribution in [0, 0.1) is 0 Å². The summed E-state index contributed by atoms with van der Waals surface area (Å²) in [6.07, 6.45) is 1.09. The molecule has 1 aliphatic heterocycles. The van der Waals surface area contributed by atoms with Crippen molar-refractivity contribution in [3.63, 3.8) is 0 Å². The lowest BCUT2D eigenvalue weighted by molar-refractivity contribution is 0.0697. The lowest BCUT2D eigenvalue weighted by atomic mass is 9.90. The highest BCUT2D eigenvalue weighted by Crippen LogP contribution is 2.42. The first-order valence-electron chi connectivity index (χ1n) is 8.29. The minimum atomic E-state index is -1.13. The van der Waals surface area contributed by atoms with E-state index in [9.17, 15) is 19.8 Å². The molecule has 7 nitrogen and oxygen atoms in total. The number of benzene rings is 3. The average molecular weight is 374 g/mol. The quantitative estimate of drug-likeness (QED) is 0.286. The number of rotatable bonds is 3. The summed E-state index contributed by atoms with van der Waals surface area (Å²) in [7, 11) is 0. The van der Waals surface area contributed by atoms with Gasteiger partial charge < -0.3 is 20.4 Å². The third kappa shape index (κ3) is 2.84. The highest BCUT2D eigenvalue weighted by molar-refractivity contribution is 6.08. The fraction of sp³-hybridized carbons (Fsp3) is 0. The Labute approximate surface area is 158 Å². The number of fused-ring (bicyclic) bond motifs is 2. The molecular formula is C21H14N2O5. The molecule has 4 N–H and O–H groups in total. The van der Waals surface area contributed by atoms with Gasteiger partial charge >= 0.3 is 5.97 Å². The van der Waals surface area contributed by atoms with Gasteiger partial charge in [-0.15, -0.1) is 0 Å². The van der Waals surface area contributed by atoms with Crippen molar-refractivity contribution >= 4 is 29.0 Å². The summed E-state index contributed by atoms with van der Waals surface area (Å²) in [4.78, 5) is 27.7. The molecule has 138 valence electrons. The van der Waals surface area contributed by atoms with Crippen molar-refractivity contribution in [2.24, 2.45) is 10.7 Å². The van der Waals surface area contributed by atoms with Crippen molar-refractivity contribution in [1.29, 1.82) is 0 Å². The summed E-state index contributed by atoms with van der Waals surface area (Å²) < 4.78 is 5.79. The maximum absolute atomic E-state index is 11.9. The van der Waals surface area contributed by atoms with Gasteiger partial charge in [0, 0.05) is 28.6 Å². The first-order valence-corrected chi connectivity index (χ1v) is 8.29. The van der Waals surface area contributed by atoms with E-state index in [1.807, 2.05) is 0 Å². The number of nitrogens with zero attached hydrogens (tertiary/aromatic N) is 1. The van der Waals surface area contributed by atoms with Gasteiger partial charge in [0.1, 0.15) is 17.1 Å². The molecular weight excluding hydrogens is 360 g/mol. The van der Waals surface area contributed by atoms with Gasteiger partial charge in [-0.3, -0.25) is 4.79 Å². The van der Waals surface area contributed by atoms with Crippen molar-refractivity contribution in [2.45, 2.75) is 0 Å². The summed E-state index contributed by atoms with van der Waals surface area (Å²) in [5, 5.41) is 20.2. The molecule has 7 heteroatoms. The normalized spacial score (nSPS) is 11.4. The van der Waals surface area contributed by atoms with Gasteiger partial charge in [-0.2, -0.15) is 0 Å². The van der Waals surface area contributed by atoms with Crippen LogP contribution >= 0.6 is 0 Å². The zero-order valence-corrected chi connectivity index (χ0v) is 14.4. The van der Waals surface area contributed by atoms with Crippen LogP contribution in [0.3, 0.4) is 0 Å². The second-order valence-corrected chi connectivity index (χ2v) is 6.13. The summed E-state index contributed by atoms with van der Waals surface area (Å²) in [6, 6.07) is 13.6. The smallest absolute Gasteiger partial charge is 0.336 e. The van der Waals surface area contributed by atoms with Crippen molar-refractivity contribution in [3.8, 4) is 28.2 Å². The number of hydrogen-bond donors (Lipinski definition) is 3. The number of phenolic OH excluding ortho intramolecular Hbond substituents is 1.